The minimum absolute atomic E-state index is 0. The summed E-state index contributed by atoms with van der Waals surface area (Å²) in [5, 5.41) is 3.28. The van der Waals surface area contributed by atoms with Crippen LogP contribution in [0.25, 0.3) is 0 Å². The van der Waals surface area contributed by atoms with Crippen molar-refractivity contribution in [3.05, 3.63) is 0 Å². The molecule has 3 radical (unpaired) electrons. The van der Waals surface area contributed by atoms with Crippen LogP contribution in [0.2, 0.25) is 0 Å². The normalized spacial score (nSPS) is 18.0. The Morgan fingerprint density at radius 3 is 1.50 bits per heavy atom. The van der Waals surface area contributed by atoms with Crippen LogP contribution in [0.1, 0.15) is 19.3 Å². The summed E-state index contributed by atoms with van der Waals surface area (Å²) in [6.45, 7) is 2.50. The highest BCUT2D eigenvalue weighted by Gasteiger charge is 1.93. The summed E-state index contributed by atoms with van der Waals surface area (Å²) in [6.07, 6.45) is 4.22. The third kappa shape index (κ3) is 4.40. The Labute approximate surface area is 57.8 Å². The van der Waals surface area contributed by atoms with Gasteiger partial charge >= 0.3 is 0 Å². The Hall–Kier alpha value is 0.242. The predicted molar refractivity (Wildman–Crippen MR) is 43.8 cm³/mol. The average molecular weight is 128 g/mol. The third-order valence-corrected chi connectivity index (χ3v) is 1.21. The fraction of sp³-hybridized carbons (Fsp3) is 1.00. The quantitative estimate of drug-likeness (QED) is 0.409. The van der Waals surface area contributed by atoms with Gasteiger partial charge in [0.2, 0.25) is 0 Å². The van der Waals surface area contributed by atoms with E-state index >= 15 is 0 Å². The number of nitrogens with one attached hydrogen (secondary N) is 1. The lowest BCUT2D eigenvalue weighted by atomic mass is 10.2. The molecule has 0 bridgehead atoms. The van der Waals surface area contributed by atoms with Gasteiger partial charge in [0.05, 0.1) is 0 Å². The van der Waals surface area contributed by atoms with Crippen molar-refractivity contribution in [2.45, 2.75) is 19.3 Å². The Morgan fingerprint density at radius 2 is 1.38 bits per heavy atom. The molecule has 8 heavy (non-hydrogen) atoms. The zero-order valence-electron chi connectivity index (χ0n) is 4.61. The highest BCUT2D eigenvalue weighted by molar-refractivity contribution is 5.76. The molecule has 1 nitrogen and oxygen atoms in total. The molecule has 0 amide bonds. The van der Waals surface area contributed by atoms with Gasteiger partial charge in [-0.05, 0) is 36.9 Å². The van der Waals surface area contributed by atoms with E-state index in [-0.39, 0.29) is 19.4 Å². The van der Waals surface area contributed by atoms with Crippen molar-refractivity contribution in [3.8, 4) is 0 Å². The maximum atomic E-state index is 3.28. The van der Waals surface area contributed by atoms with Crippen molar-refractivity contribution >= 4 is 19.4 Å². The minimum atomic E-state index is 0. The van der Waals surface area contributed by atoms with E-state index in [2.05, 4.69) is 5.32 Å². The first kappa shape index (κ1) is 11.1. The second-order valence-electron chi connectivity index (χ2n) is 1.81. The first-order valence-corrected chi connectivity index (χ1v) is 2.71. The predicted octanol–water partition coefficient (Wildman–Crippen LogP) is -1.07. The number of hydrogen-bond donors (Lipinski definition) is 1. The zero-order chi connectivity index (χ0) is 4.24. The van der Waals surface area contributed by atoms with Gasteiger partial charge in [0.1, 0.15) is 0 Å². The minimum Gasteiger partial charge on any atom is -0.317 e. The largest absolute Gasteiger partial charge is 0.317 e. The first-order chi connectivity index (χ1) is 3.00. The van der Waals surface area contributed by atoms with Crippen LogP contribution in [0.15, 0.2) is 0 Å². The van der Waals surface area contributed by atoms with Crippen molar-refractivity contribution in [2.24, 2.45) is 0 Å². The summed E-state index contributed by atoms with van der Waals surface area (Å²) >= 11 is 0. The molecule has 1 heterocycles. The molecule has 0 aromatic rings. The second kappa shape index (κ2) is 7.24. The van der Waals surface area contributed by atoms with Gasteiger partial charge in [-0.15, -0.1) is 0 Å². The molecule has 1 rings (SSSR count). The van der Waals surface area contributed by atoms with Crippen molar-refractivity contribution in [3.63, 3.8) is 0 Å². The smallest absolute Gasteiger partial charge is 0 e. The van der Waals surface area contributed by atoms with Gasteiger partial charge in [-0.25, -0.2) is 0 Å². The van der Waals surface area contributed by atoms with Crippen LogP contribution in [0.5, 0.6) is 0 Å². The SMILES string of the molecule is C1CCNCC1.[B].[SiH4]. The lowest BCUT2D eigenvalue weighted by Gasteiger charge is -2.08. The summed E-state index contributed by atoms with van der Waals surface area (Å²) in [5.74, 6) is 0. The van der Waals surface area contributed by atoms with Gasteiger partial charge in [0, 0.05) is 8.41 Å². The van der Waals surface area contributed by atoms with E-state index in [1.54, 1.807) is 0 Å². The molecule has 1 saturated heterocycles. The lowest BCUT2D eigenvalue weighted by Crippen LogP contribution is -2.21. The molecule has 1 fully saturated rings. The Kier molecular flexibility index (Phi) is 10.0. The summed E-state index contributed by atoms with van der Waals surface area (Å²) in [4.78, 5) is 0. The topological polar surface area (TPSA) is 12.0 Å². The number of hydrogen-bond acceptors (Lipinski definition) is 1. The van der Waals surface area contributed by atoms with E-state index in [9.17, 15) is 0 Å². The molecule has 0 spiro atoms. The molecule has 1 aliphatic heterocycles. The van der Waals surface area contributed by atoms with E-state index in [1.165, 1.54) is 32.4 Å². The zero-order valence-corrected chi connectivity index (χ0v) is 4.61. The maximum Gasteiger partial charge on any atom is 0 e. The van der Waals surface area contributed by atoms with Crippen LogP contribution in [0, 0.1) is 0 Å². The molecule has 0 aromatic heterocycles. The monoisotopic (exact) mass is 128 g/mol. The van der Waals surface area contributed by atoms with Gasteiger partial charge < -0.3 is 5.32 Å². The molecular formula is C5H15BNSi. The number of rotatable bonds is 0. The summed E-state index contributed by atoms with van der Waals surface area (Å²) in [7, 11) is 0. The summed E-state index contributed by atoms with van der Waals surface area (Å²) in [5.41, 5.74) is 0. The van der Waals surface area contributed by atoms with Crippen molar-refractivity contribution in [2.75, 3.05) is 13.1 Å². The molecule has 0 atom stereocenters. The maximum absolute atomic E-state index is 3.28. The van der Waals surface area contributed by atoms with Crippen molar-refractivity contribution < 1.29 is 0 Å². The average Bonchev–Trinajstić information content (AvgIpc) is 1.72. The van der Waals surface area contributed by atoms with E-state index in [4.69, 9.17) is 0 Å². The van der Waals surface area contributed by atoms with Crippen LogP contribution < -0.4 is 5.32 Å². The Balaban J connectivity index is 0. The first-order valence-electron chi connectivity index (χ1n) is 2.71. The lowest BCUT2D eigenvalue weighted by molar-refractivity contribution is 0.520. The molecular weight excluding hydrogens is 113 g/mol. The summed E-state index contributed by atoms with van der Waals surface area (Å²) in [6, 6.07) is 0. The summed E-state index contributed by atoms with van der Waals surface area (Å²) < 4.78 is 0. The van der Waals surface area contributed by atoms with Crippen molar-refractivity contribution in [1.29, 1.82) is 0 Å². The van der Waals surface area contributed by atoms with Crippen molar-refractivity contribution in [1.82, 2.24) is 5.32 Å². The molecule has 0 saturated carbocycles. The van der Waals surface area contributed by atoms with Crippen LogP contribution in [0.4, 0.5) is 0 Å². The van der Waals surface area contributed by atoms with E-state index < -0.39 is 0 Å². The van der Waals surface area contributed by atoms with Gasteiger partial charge in [0.15, 0.2) is 0 Å². The third-order valence-electron chi connectivity index (χ3n) is 1.21. The van der Waals surface area contributed by atoms with Gasteiger partial charge in [-0.3, -0.25) is 0 Å². The van der Waals surface area contributed by atoms with E-state index in [0.29, 0.717) is 0 Å². The van der Waals surface area contributed by atoms with Crippen LogP contribution in [-0.2, 0) is 0 Å². The Morgan fingerprint density at radius 1 is 0.875 bits per heavy atom. The molecule has 47 valence electrons. The molecule has 1 N–H and O–H groups in total. The molecule has 0 aromatic carbocycles. The van der Waals surface area contributed by atoms with E-state index in [0.717, 1.165) is 0 Å². The van der Waals surface area contributed by atoms with Crippen LogP contribution in [-0.4, -0.2) is 32.5 Å². The van der Waals surface area contributed by atoms with Gasteiger partial charge in [-0.2, -0.15) is 0 Å². The van der Waals surface area contributed by atoms with Gasteiger partial charge in [-0.1, -0.05) is 6.42 Å². The highest BCUT2D eigenvalue weighted by atomic mass is 28.1. The molecule has 1 aliphatic rings. The van der Waals surface area contributed by atoms with Crippen LogP contribution >= 0.6 is 0 Å². The second-order valence-corrected chi connectivity index (χ2v) is 1.81. The molecule has 0 unspecified atom stereocenters. The fourth-order valence-electron chi connectivity index (χ4n) is 0.802. The Bertz CT molecular complexity index is 27.9. The highest BCUT2D eigenvalue weighted by Crippen LogP contribution is 1.96. The van der Waals surface area contributed by atoms with Gasteiger partial charge in [0.25, 0.3) is 0 Å². The van der Waals surface area contributed by atoms with Crippen LogP contribution in [0.3, 0.4) is 0 Å². The molecule has 0 aliphatic carbocycles. The van der Waals surface area contributed by atoms with E-state index in [1.807, 2.05) is 0 Å². The number of piperidine rings is 1. The molecule has 3 heteroatoms. The fourth-order valence-corrected chi connectivity index (χ4v) is 0.802. The standard InChI is InChI=1S/C5H11N.B.H4Si/c1-2-4-6-5-3-1;;/h6H,1-5H2;;1H4.